The smallest absolute Gasteiger partial charge is 0.228 e. The van der Waals surface area contributed by atoms with Gasteiger partial charge in [0.15, 0.2) is 0 Å². The average Bonchev–Trinajstić information content (AvgIpc) is 3.38. The Bertz CT molecular complexity index is 591. The van der Waals surface area contributed by atoms with Gasteiger partial charge in [0.25, 0.3) is 0 Å². The standard InChI is InChI=1S/C19H26N2O3/c1-3-24-15-6-4-14(5-7-15)20-18(22)16-12-17(16)19(23)21-10-8-13(2)9-11-21/h4-7,13,16-17H,3,8-12H2,1-2H3,(H,20,22). The number of nitrogens with one attached hydrogen (secondary N) is 1. The van der Waals surface area contributed by atoms with Gasteiger partial charge in [-0.05, 0) is 56.4 Å². The van der Waals surface area contributed by atoms with Crippen LogP contribution in [0.25, 0.3) is 0 Å². The molecule has 130 valence electrons. The SMILES string of the molecule is CCOc1ccc(NC(=O)C2CC2C(=O)N2CCC(C)CC2)cc1. The van der Waals surface area contributed by atoms with Crippen LogP contribution >= 0.6 is 0 Å². The number of hydrogen-bond donors (Lipinski definition) is 1. The van der Waals surface area contributed by atoms with Crippen molar-refractivity contribution in [2.24, 2.45) is 17.8 Å². The molecular formula is C19H26N2O3. The van der Waals surface area contributed by atoms with Crippen molar-refractivity contribution in [2.45, 2.75) is 33.1 Å². The van der Waals surface area contributed by atoms with E-state index >= 15 is 0 Å². The Hall–Kier alpha value is -2.04. The predicted octanol–water partition coefficient (Wildman–Crippen LogP) is 2.92. The molecule has 1 heterocycles. The Morgan fingerprint density at radius 2 is 1.83 bits per heavy atom. The lowest BCUT2D eigenvalue weighted by atomic mass is 9.99. The van der Waals surface area contributed by atoms with Crippen LogP contribution in [0.2, 0.25) is 0 Å². The van der Waals surface area contributed by atoms with Crippen LogP contribution in [-0.4, -0.2) is 36.4 Å². The highest BCUT2D eigenvalue weighted by Gasteiger charge is 2.49. The maximum absolute atomic E-state index is 12.5. The second kappa shape index (κ2) is 7.24. The van der Waals surface area contributed by atoms with Crippen LogP contribution in [0.4, 0.5) is 5.69 Å². The summed E-state index contributed by atoms with van der Waals surface area (Å²) in [5.74, 6) is 1.29. The van der Waals surface area contributed by atoms with E-state index in [0.717, 1.165) is 37.4 Å². The zero-order valence-electron chi connectivity index (χ0n) is 14.5. The van der Waals surface area contributed by atoms with Crippen LogP contribution in [0.5, 0.6) is 5.75 Å². The van der Waals surface area contributed by atoms with E-state index in [1.54, 1.807) is 0 Å². The normalized spacial score (nSPS) is 23.7. The number of rotatable bonds is 5. The summed E-state index contributed by atoms with van der Waals surface area (Å²) < 4.78 is 5.39. The fraction of sp³-hybridized carbons (Fsp3) is 0.579. The van der Waals surface area contributed by atoms with Crippen LogP contribution in [0, 0.1) is 17.8 Å². The number of anilines is 1. The minimum absolute atomic E-state index is 0.0529. The Kier molecular flexibility index (Phi) is 5.07. The number of carbonyl (C=O) groups excluding carboxylic acids is 2. The number of hydrogen-bond acceptors (Lipinski definition) is 3. The van der Waals surface area contributed by atoms with Crippen molar-refractivity contribution in [1.29, 1.82) is 0 Å². The molecule has 2 fully saturated rings. The molecule has 0 bridgehead atoms. The van der Waals surface area contributed by atoms with Crippen LogP contribution in [0.15, 0.2) is 24.3 Å². The number of carbonyl (C=O) groups is 2. The van der Waals surface area contributed by atoms with Gasteiger partial charge in [-0.15, -0.1) is 0 Å². The Morgan fingerprint density at radius 3 is 2.46 bits per heavy atom. The van der Waals surface area contributed by atoms with Gasteiger partial charge in [-0.3, -0.25) is 9.59 Å². The first-order valence-electron chi connectivity index (χ1n) is 8.91. The van der Waals surface area contributed by atoms with E-state index in [2.05, 4.69) is 12.2 Å². The lowest BCUT2D eigenvalue weighted by Crippen LogP contribution is -2.39. The molecule has 2 atom stereocenters. The van der Waals surface area contributed by atoms with Crippen molar-refractivity contribution < 1.29 is 14.3 Å². The van der Waals surface area contributed by atoms with E-state index in [1.807, 2.05) is 36.1 Å². The first kappa shape index (κ1) is 16.8. The van der Waals surface area contributed by atoms with E-state index in [0.29, 0.717) is 18.9 Å². The van der Waals surface area contributed by atoms with Gasteiger partial charge in [0, 0.05) is 18.8 Å². The van der Waals surface area contributed by atoms with E-state index in [9.17, 15) is 9.59 Å². The van der Waals surface area contributed by atoms with E-state index in [-0.39, 0.29) is 23.7 Å². The van der Waals surface area contributed by atoms with Crippen LogP contribution in [-0.2, 0) is 9.59 Å². The zero-order chi connectivity index (χ0) is 17.1. The maximum Gasteiger partial charge on any atom is 0.228 e. The zero-order valence-corrected chi connectivity index (χ0v) is 14.5. The molecule has 2 unspecified atom stereocenters. The number of benzene rings is 1. The molecule has 1 aromatic rings. The second-order valence-electron chi connectivity index (χ2n) is 6.90. The van der Waals surface area contributed by atoms with Gasteiger partial charge in [-0.1, -0.05) is 6.92 Å². The third-order valence-electron chi connectivity index (χ3n) is 4.97. The molecule has 5 nitrogen and oxygen atoms in total. The van der Waals surface area contributed by atoms with Gasteiger partial charge in [-0.25, -0.2) is 0 Å². The summed E-state index contributed by atoms with van der Waals surface area (Å²) in [6, 6.07) is 7.33. The summed E-state index contributed by atoms with van der Waals surface area (Å²) in [6.07, 6.45) is 2.82. The lowest BCUT2D eigenvalue weighted by molar-refractivity contribution is -0.135. The molecule has 2 amide bonds. The third-order valence-corrected chi connectivity index (χ3v) is 4.97. The molecule has 24 heavy (non-hydrogen) atoms. The van der Waals surface area contributed by atoms with E-state index in [4.69, 9.17) is 4.74 Å². The molecule has 2 aliphatic rings. The lowest BCUT2D eigenvalue weighted by Gasteiger charge is -2.30. The fourth-order valence-electron chi connectivity index (χ4n) is 3.26. The molecule has 0 radical (unpaired) electrons. The number of piperidine rings is 1. The molecule has 1 aliphatic heterocycles. The molecule has 0 aromatic heterocycles. The van der Waals surface area contributed by atoms with Crippen LogP contribution < -0.4 is 10.1 Å². The van der Waals surface area contributed by atoms with Crippen molar-refractivity contribution in [3.8, 4) is 5.75 Å². The van der Waals surface area contributed by atoms with Gasteiger partial charge >= 0.3 is 0 Å². The first-order valence-corrected chi connectivity index (χ1v) is 8.91. The molecule has 1 saturated carbocycles. The van der Waals surface area contributed by atoms with Crippen LogP contribution in [0.1, 0.15) is 33.1 Å². The fourth-order valence-corrected chi connectivity index (χ4v) is 3.26. The number of likely N-dealkylation sites (tertiary alicyclic amines) is 1. The van der Waals surface area contributed by atoms with Crippen molar-refractivity contribution in [3.05, 3.63) is 24.3 Å². The number of amides is 2. The average molecular weight is 330 g/mol. The Morgan fingerprint density at radius 1 is 1.17 bits per heavy atom. The van der Waals surface area contributed by atoms with E-state index in [1.165, 1.54) is 0 Å². The highest BCUT2D eigenvalue weighted by atomic mass is 16.5. The third kappa shape index (κ3) is 3.89. The first-order chi connectivity index (χ1) is 11.6. The van der Waals surface area contributed by atoms with Crippen molar-refractivity contribution in [2.75, 3.05) is 25.0 Å². The van der Waals surface area contributed by atoms with Gasteiger partial charge < -0.3 is 15.0 Å². The maximum atomic E-state index is 12.5. The molecule has 1 saturated heterocycles. The highest BCUT2D eigenvalue weighted by Crippen LogP contribution is 2.41. The number of nitrogens with zero attached hydrogens (tertiary/aromatic N) is 1. The summed E-state index contributed by atoms with van der Waals surface area (Å²) in [4.78, 5) is 26.7. The summed E-state index contributed by atoms with van der Waals surface area (Å²) in [7, 11) is 0. The molecule has 1 N–H and O–H groups in total. The Labute approximate surface area is 143 Å². The minimum atomic E-state index is -0.177. The molecule has 1 aromatic carbocycles. The van der Waals surface area contributed by atoms with Gasteiger partial charge in [0.05, 0.1) is 18.4 Å². The van der Waals surface area contributed by atoms with Crippen molar-refractivity contribution in [3.63, 3.8) is 0 Å². The summed E-state index contributed by atoms with van der Waals surface area (Å²) in [5, 5.41) is 2.90. The number of ether oxygens (including phenoxy) is 1. The Balaban J connectivity index is 1.49. The summed E-state index contributed by atoms with van der Waals surface area (Å²) in [5.41, 5.74) is 0.744. The topological polar surface area (TPSA) is 58.6 Å². The molecule has 3 rings (SSSR count). The molecular weight excluding hydrogens is 304 g/mol. The van der Waals surface area contributed by atoms with Gasteiger partial charge in [0.1, 0.15) is 5.75 Å². The van der Waals surface area contributed by atoms with Crippen LogP contribution in [0.3, 0.4) is 0 Å². The van der Waals surface area contributed by atoms with Gasteiger partial charge in [-0.2, -0.15) is 0 Å². The second-order valence-corrected chi connectivity index (χ2v) is 6.90. The molecule has 5 heteroatoms. The summed E-state index contributed by atoms with van der Waals surface area (Å²) >= 11 is 0. The predicted molar refractivity (Wildman–Crippen MR) is 92.8 cm³/mol. The molecule has 0 spiro atoms. The van der Waals surface area contributed by atoms with Crippen molar-refractivity contribution in [1.82, 2.24) is 4.90 Å². The van der Waals surface area contributed by atoms with Gasteiger partial charge in [0.2, 0.25) is 11.8 Å². The minimum Gasteiger partial charge on any atom is -0.494 e. The largest absolute Gasteiger partial charge is 0.494 e. The summed E-state index contributed by atoms with van der Waals surface area (Å²) in [6.45, 7) is 6.45. The van der Waals surface area contributed by atoms with E-state index < -0.39 is 0 Å². The monoisotopic (exact) mass is 330 g/mol. The van der Waals surface area contributed by atoms with Crippen molar-refractivity contribution >= 4 is 17.5 Å². The highest BCUT2D eigenvalue weighted by molar-refractivity contribution is 5.99. The molecule has 1 aliphatic carbocycles. The quantitative estimate of drug-likeness (QED) is 0.903.